The van der Waals surface area contributed by atoms with Crippen molar-refractivity contribution in [1.29, 1.82) is 0 Å². The van der Waals surface area contributed by atoms with Crippen molar-refractivity contribution in [2.75, 3.05) is 11.9 Å². The molecule has 0 radical (unpaired) electrons. The second-order valence-electron chi connectivity index (χ2n) is 6.63. The molecule has 0 saturated carbocycles. The van der Waals surface area contributed by atoms with Gasteiger partial charge in [0.15, 0.2) is 0 Å². The van der Waals surface area contributed by atoms with E-state index in [0.717, 1.165) is 0 Å². The van der Waals surface area contributed by atoms with Crippen molar-refractivity contribution in [3.63, 3.8) is 0 Å². The fourth-order valence-corrected chi connectivity index (χ4v) is 2.41. The number of nitrogens with zero attached hydrogens (tertiary/aromatic N) is 1. The molecule has 0 atom stereocenters. The third-order valence-electron chi connectivity index (χ3n) is 3.46. The van der Waals surface area contributed by atoms with Crippen molar-refractivity contribution in [2.24, 2.45) is 5.41 Å². The first-order valence-corrected chi connectivity index (χ1v) is 7.20. The first-order chi connectivity index (χ1) is 10.3. The van der Waals surface area contributed by atoms with Gasteiger partial charge in [0, 0.05) is 23.5 Å². The zero-order valence-corrected chi connectivity index (χ0v) is 12.8. The smallest absolute Gasteiger partial charge is 0.256 e. The molecular formula is C17H18FN3O. The summed E-state index contributed by atoms with van der Waals surface area (Å²) in [7, 11) is 0. The largest absolute Gasteiger partial charge is 0.369 e. The molecule has 0 aliphatic heterocycles. The minimum Gasteiger partial charge on any atom is -0.369 e. The van der Waals surface area contributed by atoms with E-state index in [4.69, 9.17) is 0 Å². The third kappa shape index (κ3) is 2.66. The summed E-state index contributed by atoms with van der Waals surface area (Å²) < 4.78 is 13.5. The Bertz CT molecular complexity index is 909. The first-order valence-electron chi connectivity index (χ1n) is 7.20. The fourth-order valence-electron chi connectivity index (χ4n) is 2.41. The Kier molecular flexibility index (Phi) is 3.35. The molecule has 3 rings (SSSR count). The maximum atomic E-state index is 13.5. The molecule has 0 saturated heterocycles. The number of halogens is 1. The lowest BCUT2D eigenvalue weighted by atomic mass is 9.97. The van der Waals surface area contributed by atoms with Gasteiger partial charge in [-0.1, -0.05) is 20.8 Å². The molecule has 0 aliphatic rings. The molecule has 2 aromatic heterocycles. The van der Waals surface area contributed by atoms with Gasteiger partial charge in [0.05, 0.1) is 10.9 Å². The highest BCUT2D eigenvalue weighted by molar-refractivity contribution is 6.09. The van der Waals surface area contributed by atoms with Crippen LogP contribution in [0.5, 0.6) is 0 Å². The Hall–Kier alpha value is -2.43. The lowest BCUT2D eigenvalue weighted by molar-refractivity contribution is 0.443. The van der Waals surface area contributed by atoms with Crippen molar-refractivity contribution in [1.82, 2.24) is 9.97 Å². The lowest BCUT2D eigenvalue weighted by Gasteiger charge is -2.20. The van der Waals surface area contributed by atoms with E-state index in [9.17, 15) is 9.18 Å². The molecule has 5 heteroatoms. The third-order valence-corrected chi connectivity index (χ3v) is 3.46. The predicted octanol–water partition coefficient (Wildman–Crippen LogP) is 3.67. The van der Waals surface area contributed by atoms with Gasteiger partial charge >= 0.3 is 0 Å². The van der Waals surface area contributed by atoms with Gasteiger partial charge in [-0.05, 0) is 29.7 Å². The van der Waals surface area contributed by atoms with E-state index in [1.165, 1.54) is 12.1 Å². The van der Waals surface area contributed by atoms with Crippen LogP contribution in [0.1, 0.15) is 20.8 Å². The van der Waals surface area contributed by atoms with E-state index in [0.29, 0.717) is 34.0 Å². The highest BCUT2D eigenvalue weighted by atomic mass is 19.1. The van der Waals surface area contributed by atoms with Crippen LogP contribution in [0.4, 0.5) is 10.2 Å². The number of rotatable bonds is 2. The van der Waals surface area contributed by atoms with Crippen LogP contribution in [-0.2, 0) is 0 Å². The van der Waals surface area contributed by atoms with E-state index in [2.05, 4.69) is 36.1 Å². The van der Waals surface area contributed by atoms with Crippen LogP contribution < -0.4 is 10.9 Å². The summed E-state index contributed by atoms with van der Waals surface area (Å²) in [6, 6.07) is 6.09. The monoisotopic (exact) mass is 299 g/mol. The van der Waals surface area contributed by atoms with E-state index in [1.807, 2.05) is 0 Å². The maximum Gasteiger partial charge on any atom is 0.256 e. The van der Waals surface area contributed by atoms with Crippen molar-refractivity contribution < 1.29 is 4.39 Å². The van der Waals surface area contributed by atoms with Crippen molar-refractivity contribution >= 4 is 27.5 Å². The van der Waals surface area contributed by atoms with Crippen LogP contribution in [0.25, 0.3) is 21.7 Å². The number of aromatic nitrogens is 2. The molecule has 0 fully saturated rings. The standard InChI is InChI=1S/C17H18FN3O/c1-17(2,3)9-20-15-11-6-7-19-16(22)14(11)12-8-10(18)4-5-13(12)21-15/h4-8H,9H2,1-3H3,(H,19,22)(H,20,21). The molecule has 0 spiro atoms. The van der Waals surface area contributed by atoms with Crippen molar-refractivity contribution in [3.05, 3.63) is 46.6 Å². The van der Waals surface area contributed by atoms with Gasteiger partial charge in [0.25, 0.3) is 5.56 Å². The second kappa shape index (κ2) is 5.09. The number of H-pyrrole nitrogens is 1. The zero-order chi connectivity index (χ0) is 15.9. The van der Waals surface area contributed by atoms with E-state index >= 15 is 0 Å². The van der Waals surface area contributed by atoms with E-state index in [-0.39, 0.29) is 16.8 Å². The molecule has 0 unspecified atom stereocenters. The summed E-state index contributed by atoms with van der Waals surface area (Å²) >= 11 is 0. The lowest BCUT2D eigenvalue weighted by Crippen LogP contribution is -2.20. The summed E-state index contributed by atoms with van der Waals surface area (Å²) in [6.07, 6.45) is 1.58. The van der Waals surface area contributed by atoms with Gasteiger partial charge in [0.1, 0.15) is 11.6 Å². The molecule has 4 nitrogen and oxygen atoms in total. The molecule has 1 aromatic carbocycles. The summed E-state index contributed by atoms with van der Waals surface area (Å²) in [5.41, 5.74) is 0.434. The topological polar surface area (TPSA) is 57.8 Å². The molecule has 2 N–H and O–H groups in total. The molecule has 0 amide bonds. The normalized spacial score (nSPS) is 12.0. The Balaban J connectivity index is 2.30. The number of anilines is 1. The number of benzene rings is 1. The summed E-state index contributed by atoms with van der Waals surface area (Å²) in [6.45, 7) is 7.07. The molecule has 22 heavy (non-hydrogen) atoms. The SMILES string of the molecule is CC(C)(C)CNc1nc2ccc(F)cc2c2c(=O)[nH]ccc12. The molecule has 3 aromatic rings. The zero-order valence-electron chi connectivity index (χ0n) is 12.8. The van der Waals surface area contributed by atoms with Crippen LogP contribution >= 0.6 is 0 Å². The fraction of sp³-hybridized carbons (Fsp3) is 0.294. The Morgan fingerprint density at radius 1 is 1.23 bits per heavy atom. The average Bonchev–Trinajstić information content (AvgIpc) is 2.44. The molecule has 0 bridgehead atoms. The molecule has 2 heterocycles. The Morgan fingerprint density at radius 2 is 2.00 bits per heavy atom. The van der Waals surface area contributed by atoms with Gasteiger partial charge in [-0.15, -0.1) is 0 Å². The molecule has 114 valence electrons. The number of pyridine rings is 2. The number of hydrogen-bond donors (Lipinski definition) is 2. The van der Waals surface area contributed by atoms with Gasteiger partial charge in [-0.25, -0.2) is 9.37 Å². The minimum atomic E-state index is -0.380. The average molecular weight is 299 g/mol. The Labute approximate surface area is 127 Å². The van der Waals surface area contributed by atoms with Gasteiger partial charge in [0.2, 0.25) is 0 Å². The predicted molar refractivity (Wildman–Crippen MR) is 87.8 cm³/mol. The first kappa shape index (κ1) is 14.5. The maximum absolute atomic E-state index is 13.5. The summed E-state index contributed by atoms with van der Waals surface area (Å²) in [4.78, 5) is 19.4. The Morgan fingerprint density at radius 3 is 2.73 bits per heavy atom. The van der Waals surface area contributed by atoms with Crippen molar-refractivity contribution in [3.8, 4) is 0 Å². The molecule has 0 aliphatic carbocycles. The van der Waals surface area contributed by atoms with Gasteiger partial charge in [-0.2, -0.15) is 0 Å². The summed E-state index contributed by atoms with van der Waals surface area (Å²) in [5.74, 6) is 0.268. The van der Waals surface area contributed by atoms with Crippen LogP contribution in [-0.4, -0.2) is 16.5 Å². The quantitative estimate of drug-likeness (QED) is 0.710. The summed E-state index contributed by atoms with van der Waals surface area (Å²) in [5, 5.41) is 4.99. The number of nitrogens with one attached hydrogen (secondary N) is 2. The van der Waals surface area contributed by atoms with Crippen LogP contribution in [0.3, 0.4) is 0 Å². The highest BCUT2D eigenvalue weighted by Gasteiger charge is 2.14. The van der Waals surface area contributed by atoms with Gasteiger partial charge in [-0.3, -0.25) is 4.79 Å². The van der Waals surface area contributed by atoms with E-state index in [1.54, 1.807) is 18.3 Å². The van der Waals surface area contributed by atoms with E-state index < -0.39 is 0 Å². The highest BCUT2D eigenvalue weighted by Crippen LogP contribution is 2.28. The number of fused-ring (bicyclic) bond motifs is 3. The second-order valence-corrected chi connectivity index (χ2v) is 6.63. The number of aromatic amines is 1. The van der Waals surface area contributed by atoms with Crippen LogP contribution in [0.2, 0.25) is 0 Å². The van der Waals surface area contributed by atoms with Crippen molar-refractivity contribution in [2.45, 2.75) is 20.8 Å². The van der Waals surface area contributed by atoms with Gasteiger partial charge < -0.3 is 10.3 Å². The minimum absolute atomic E-state index is 0.0763. The van der Waals surface area contributed by atoms with Crippen LogP contribution in [0, 0.1) is 11.2 Å². The van der Waals surface area contributed by atoms with Crippen LogP contribution in [0.15, 0.2) is 35.3 Å². The number of hydrogen-bond acceptors (Lipinski definition) is 3. The molecular weight excluding hydrogens is 281 g/mol.